The lowest BCUT2D eigenvalue weighted by atomic mass is 10.1. The second kappa shape index (κ2) is 37.6. The first-order valence-corrected chi connectivity index (χ1v) is 20.5. The van der Waals surface area contributed by atoms with Crippen molar-refractivity contribution >= 4 is 17.8 Å². The van der Waals surface area contributed by atoms with Crippen molar-refractivity contribution in [3.05, 3.63) is 48.6 Å². The molecule has 0 saturated heterocycles. The summed E-state index contributed by atoms with van der Waals surface area (Å²) in [4.78, 5) is 36.2. The topological polar surface area (TPSA) is 119 Å². The number of carboxylic acid groups (broad SMARTS) is 1. The summed E-state index contributed by atoms with van der Waals surface area (Å²) < 4.78 is 5.88. The number of carboxylic acids is 1. The third kappa shape index (κ3) is 33.8. The number of rotatable bonds is 36. The molecule has 2 atom stereocenters. The predicted molar refractivity (Wildman–Crippen MR) is 211 cm³/mol. The van der Waals surface area contributed by atoms with Crippen molar-refractivity contribution < 1.29 is 24.2 Å². The van der Waals surface area contributed by atoms with Gasteiger partial charge < -0.3 is 20.9 Å². The zero-order valence-electron chi connectivity index (χ0n) is 32.2. The summed E-state index contributed by atoms with van der Waals surface area (Å²) in [6.07, 6.45) is 44.6. The molecule has 1 amide bonds. The number of amides is 1. The molecule has 0 spiro atoms. The van der Waals surface area contributed by atoms with Gasteiger partial charge in [0.15, 0.2) is 0 Å². The van der Waals surface area contributed by atoms with Gasteiger partial charge in [-0.25, -0.2) is 4.79 Å². The van der Waals surface area contributed by atoms with Gasteiger partial charge in [-0.05, 0) is 96.1 Å². The van der Waals surface area contributed by atoms with Gasteiger partial charge in [0.2, 0.25) is 5.91 Å². The zero-order chi connectivity index (χ0) is 36.8. The monoisotopic (exact) mass is 701 g/mol. The number of aliphatic carboxylic acids is 1. The van der Waals surface area contributed by atoms with Gasteiger partial charge >= 0.3 is 11.9 Å². The second-order valence-corrected chi connectivity index (χ2v) is 13.7. The van der Waals surface area contributed by atoms with Crippen LogP contribution in [0.1, 0.15) is 187 Å². The van der Waals surface area contributed by atoms with E-state index in [1.807, 2.05) is 6.08 Å². The van der Waals surface area contributed by atoms with Crippen molar-refractivity contribution in [2.75, 3.05) is 6.54 Å². The van der Waals surface area contributed by atoms with Gasteiger partial charge in [-0.1, -0.05) is 133 Å². The SMILES string of the molecule is CCCC/C=C\C/C=C\C(CCCCCCC(=O)NC(CCCN)C(=O)O)OC(=O)CCCCCCCCC/C=C\C/C=C\CCCCCC. The molecule has 0 radical (unpaired) electrons. The van der Waals surface area contributed by atoms with Gasteiger partial charge in [0.05, 0.1) is 0 Å². The van der Waals surface area contributed by atoms with Crippen LogP contribution in [0, 0.1) is 0 Å². The first kappa shape index (κ1) is 47.3. The Balaban J connectivity index is 4.24. The number of nitrogens with two attached hydrogens (primary N) is 1. The number of allylic oxidation sites excluding steroid dienone is 7. The molecule has 0 aromatic rings. The summed E-state index contributed by atoms with van der Waals surface area (Å²) in [6, 6.07) is -0.875. The van der Waals surface area contributed by atoms with Crippen LogP contribution in [0.4, 0.5) is 0 Å². The van der Waals surface area contributed by atoms with Crippen molar-refractivity contribution in [3.8, 4) is 0 Å². The Hall–Kier alpha value is -2.67. The lowest BCUT2D eigenvalue weighted by Crippen LogP contribution is -2.40. The minimum Gasteiger partial charge on any atom is -0.480 e. The van der Waals surface area contributed by atoms with Crippen LogP contribution in [0.2, 0.25) is 0 Å². The molecular weight excluding hydrogens is 624 g/mol. The van der Waals surface area contributed by atoms with Crippen molar-refractivity contribution in [2.24, 2.45) is 5.73 Å². The Morgan fingerprint density at radius 2 is 1.12 bits per heavy atom. The first-order chi connectivity index (χ1) is 24.4. The molecule has 2 unspecified atom stereocenters. The van der Waals surface area contributed by atoms with Gasteiger partial charge in [0, 0.05) is 12.8 Å². The summed E-state index contributed by atoms with van der Waals surface area (Å²) in [5, 5.41) is 11.9. The fourth-order valence-corrected chi connectivity index (χ4v) is 5.71. The fourth-order valence-electron chi connectivity index (χ4n) is 5.71. The van der Waals surface area contributed by atoms with E-state index in [1.54, 1.807) is 0 Å². The van der Waals surface area contributed by atoms with Crippen LogP contribution in [-0.2, 0) is 19.1 Å². The van der Waals surface area contributed by atoms with Gasteiger partial charge in [-0.15, -0.1) is 0 Å². The Labute approximate surface area is 307 Å². The zero-order valence-corrected chi connectivity index (χ0v) is 32.2. The summed E-state index contributed by atoms with van der Waals surface area (Å²) in [7, 11) is 0. The lowest BCUT2D eigenvalue weighted by molar-refractivity contribution is -0.147. The highest BCUT2D eigenvalue weighted by molar-refractivity contribution is 5.83. The maximum atomic E-state index is 12.7. The van der Waals surface area contributed by atoms with E-state index in [9.17, 15) is 19.5 Å². The number of ether oxygens (including phenoxy) is 1. The summed E-state index contributed by atoms with van der Waals surface area (Å²) in [5.41, 5.74) is 5.47. The van der Waals surface area contributed by atoms with E-state index in [0.29, 0.717) is 38.6 Å². The largest absolute Gasteiger partial charge is 0.480 e. The van der Waals surface area contributed by atoms with Crippen molar-refractivity contribution in [3.63, 3.8) is 0 Å². The molecule has 0 aromatic carbocycles. The van der Waals surface area contributed by atoms with E-state index in [4.69, 9.17) is 10.5 Å². The highest BCUT2D eigenvalue weighted by Gasteiger charge is 2.19. The van der Waals surface area contributed by atoms with Crippen LogP contribution in [0.15, 0.2) is 48.6 Å². The number of hydrogen-bond acceptors (Lipinski definition) is 5. The van der Waals surface area contributed by atoms with Crippen LogP contribution < -0.4 is 11.1 Å². The molecule has 7 nitrogen and oxygen atoms in total. The van der Waals surface area contributed by atoms with E-state index >= 15 is 0 Å². The van der Waals surface area contributed by atoms with Crippen molar-refractivity contribution in [1.82, 2.24) is 5.32 Å². The molecular formula is C43H76N2O5. The average molecular weight is 701 g/mol. The normalized spacial score (nSPS) is 13.2. The Morgan fingerprint density at radius 3 is 1.72 bits per heavy atom. The number of esters is 1. The smallest absolute Gasteiger partial charge is 0.326 e. The molecule has 0 aromatic heterocycles. The molecule has 0 aliphatic carbocycles. The molecule has 4 N–H and O–H groups in total. The maximum Gasteiger partial charge on any atom is 0.326 e. The molecule has 50 heavy (non-hydrogen) atoms. The van der Waals surface area contributed by atoms with Crippen molar-refractivity contribution in [1.29, 1.82) is 0 Å². The highest BCUT2D eigenvalue weighted by atomic mass is 16.5. The van der Waals surface area contributed by atoms with E-state index < -0.39 is 12.0 Å². The van der Waals surface area contributed by atoms with E-state index in [1.165, 1.54) is 83.5 Å². The molecule has 0 aliphatic heterocycles. The predicted octanol–water partition coefficient (Wildman–Crippen LogP) is 11.2. The van der Waals surface area contributed by atoms with Crippen LogP contribution in [0.25, 0.3) is 0 Å². The van der Waals surface area contributed by atoms with Gasteiger partial charge in [-0.3, -0.25) is 9.59 Å². The Morgan fingerprint density at radius 1 is 0.600 bits per heavy atom. The Kier molecular flexibility index (Phi) is 35.6. The van der Waals surface area contributed by atoms with Crippen molar-refractivity contribution in [2.45, 2.75) is 199 Å². The van der Waals surface area contributed by atoms with E-state index in [0.717, 1.165) is 57.8 Å². The lowest BCUT2D eigenvalue weighted by Gasteiger charge is -2.15. The van der Waals surface area contributed by atoms with Crippen LogP contribution in [0.3, 0.4) is 0 Å². The minimum absolute atomic E-state index is 0.115. The first-order valence-electron chi connectivity index (χ1n) is 20.5. The number of carbonyl (C=O) groups is 3. The van der Waals surface area contributed by atoms with Crippen LogP contribution in [-0.4, -0.2) is 41.6 Å². The Bertz CT molecular complexity index is 926. The molecule has 0 fully saturated rings. The highest BCUT2D eigenvalue weighted by Crippen LogP contribution is 2.15. The number of hydrogen-bond donors (Lipinski definition) is 3. The third-order valence-corrected chi connectivity index (χ3v) is 8.85. The van der Waals surface area contributed by atoms with E-state index in [2.05, 4.69) is 61.7 Å². The van der Waals surface area contributed by atoms with E-state index in [-0.39, 0.29) is 18.0 Å². The van der Waals surface area contributed by atoms with Gasteiger partial charge in [0.25, 0.3) is 0 Å². The summed E-state index contributed by atoms with van der Waals surface area (Å²) >= 11 is 0. The number of unbranched alkanes of at least 4 members (excludes halogenated alkanes) is 16. The molecule has 288 valence electrons. The second-order valence-electron chi connectivity index (χ2n) is 13.7. The molecule has 0 heterocycles. The molecule has 0 bridgehead atoms. The number of carbonyl (C=O) groups excluding carboxylic acids is 2. The molecule has 0 saturated carbocycles. The molecule has 0 aliphatic rings. The molecule has 7 heteroatoms. The average Bonchev–Trinajstić information content (AvgIpc) is 3.10. The third-order valence-electron chi connectivity index (χ3n) is 8.85. The van der Waals surface area contributed by atoms with Gasteiger partial charge in [-0.2, -0.15) is 0 Å². The minimum atomic E-state index is -1.02. The van der Waals surface area contributed by atoms with Gasteiger partial charge in [0.1, 0.15) is 12.1 Å². The molecule has 0 rings (SSSR count). The standard InChI is InChI=1S/C43H76N2O5/c1-3-5-7-9-11-12-13-14-15-16-17-18-19-20-21-23-25-31-37-42(47)50-39(33-28-24-22-10-8-6-4-2)34-29-26-27-30-36-41(46)45-40(43(48)49)35-32-38-44/h10,12-13,15-16,22,28,33,39-40H,3-9,11,14,17-21,23-27,29-32,34-38,44H2,1-2H3,(H,45,46)(H,48,49)/b13-12-,16-15-,22-10-,33-28-. The summed E-state index contributed by atoms with van der Waals surface area (Å²) in [6.45, 7) is 4.85. The van der Waals surface area contributed by atoms with Crippen LogP contribution in [0.5, 0.6) is 0 Å². The number of nitrogens with one attached hydrogen (secondary N) is 1. The fraction of sp³-hybridized carbons (Fsp3) is 0.744. The van der Waals surface area contributed by atoms with Crippen LogP contribution >= 0.6 is 0 Å². The summed E-state index contributed by atoms with van der Waals surface area (Å²) in [5.74, 6) is -1.37. The quantitative estimate of drug-likeness (QED) is 0.0340. The maximum absolute atomic E-state index is 12.7.